The molecule has 0 unspecified atom stereocenters. The highest BCUT2D eigenvalue weighted by Gasteiger charge is 2.13. The van der Waals surface area contributed by atoms with Crippen molar-refractivity contribution < 1.29 is 22.9 Å². The minimum atomic E-state index is -3.57. The Bertz CT molecular complexity index is 929. The summed E-state index contributed by atoms with van der Waals surface area (Å²) >= 11 is 0. The normalized spacial score (nSPS) is 11.0. The Morgan fingerprint density at radius 3 is 2.54 bits per heavy atom. The van der Waals surface area contributed by atoms with E-state index in [1.165, 1.54) is 48.5 Å². The Hall–Kier alpha value is -2.98. The third-order valence-corrected chi connectivity index (χ3v) is 5.14. The first kappa shape index (κ1) is 21.3. The molecule has 0 spiro atoms. The molecule has 150 valence electrons. The number of ether oxygens (including phenoxy) is 1. The molecule has 0 fully saturated rings. The van der Waals surface area contributed by atoms with Crippen LogP contribution in [0.15, 0.2) is 53.4 Å². The number of nitro benzene ring substituents is 1. The van der Waals surface area contributed by atoms with Gasteiger partial charge in [-0.05, 0) is 36.8 Å². The second-order valence-electron chi connectivity index (χ2n) is 5.87. The third kappa shape index (κ3) is 6.32. The van der Waals surface area contributed by atoms with Gasteiger partial charge in [0.15, 0.2) is 6.61 Å². The van der Waals surface area contributed by atoms with Gasteiger partial charge in [-0.1, -0.05) is 19.4 Å². The molecule has 2 rings (SSSR count). The molecule has 10 heteroatoms. The number of anilines is 1. The predicted octanol–water partition coefficient (Wildman–Crippen LogP) is 2.69. The van der Waals surface area contributed by atoms with Crippen LogP contribution in [0.4, 0.5) is 11.4 Å². The van der Waals surface area contributed by atoms with Crippen LogP contribution >= 0.6 is 0 Å². The van der Waals surface area contributed by atoms with Crippen molar-refractivity contribution in [1.82, 2.24) is 4.72 Å². The van der Waals surface area contributed by atoms with E-state index in [-0.39, 0.29) is 22.9 Å². The van der Waals surface area contributed by atoms with Crippen LogP contribution in [0.25, 0.3) is 0 Å². The van der Waals surface area contributed by atoms with Gasteiger partial charge in [-0.15, -0.1) is 0 Å². The Morgan fingerprint density at radius 2 is 1.89 bits per heavy atom. The fourth-order valence-electron chi connectivity index (χ4n) is 2.22. The molecule has 1 amide bonds. The van der Waals surface area contributed by atoms with Gasteiger partial charge in [0.25, 0.3) is 11.6 Å². The molecule has 0 radical (unpaired) electrons. The Morgan fingerprint density at radius 1 is 1.18 bits per heavy atom. The maximum atomic E-state index is 12.1. The van der Waals surface area contributed by atoms with Crippen LogP contribution in [0.2, 0.25) is 0 Å². The fourth-order valence-corrected chi connectivity index (χ4v) is 3.30. The number of nitrogens with zero attached hydrogens (tertiary/aromatic N) is 1. The maximum absolute atomic E-state index is 12.1. The summed E-state index contributed by atoms with van der Waals surface area (Å²) in [5, 5.41) is 13.2. The molecule has 2 aromatic rings. The van der Waals surface area contributed by atoms with Crippen LogP contribution in [0, 0.1) is 10.1 Å². The number of nitro groups is 1. The van der Waals surface area contributed by atoms with Crippen molar-refractivity contribution >= 4 is 27.3 Å². The molecule has 0 atom stereocenters. The number of benzene rings is 2. The van der Waals surface area contributed by atoms with Gasteiger partial charge < -0.3 is 10.1 Å². The van der Waals surface area contributed by atoms with Crippen LogP contribution in [-0.4, -0.2) is 32.4 Å². The van der Waals surface area contributed by atoms with Crippen molar-refractivity contribution in [2.75, 3.05) is 18.5 Å². The first-order chi connectivity index (χ1) is 13.3. The van der Waals surface area contributed by atoms with Crippen molar-refractivity contribution in [3.05, 3.63) is 58.6 Å². The second-order valence-corrected chi connectivity index (χ2v) is 7.63. The highest BCUT2D eigenvalue weighted by Crippen LogP contribution is 2.18. The lowest BCUT2D eigenvalue weighted by molar-refractivity contribution is -0.384. The standard InChI is InChI=1S/C18H21N3O6S/c1-2-3-11-19-28(25,26)17-9-7-16(8-10-17)27-13-18(22)20-14-5-4-6-15(12-14)21(23)24/h4-10,12,19H,2-3,11,13H2,1H3,(H,20,22). The summed E-state index contributed by atoms with van der Waals surface area (Å²) in [5.74, 6) is -0.180. The molecule has 0 saturated carbocycles. The lowest BCUT2D eigenvalue weighted by Gasteiger charge is -2.09. The number of carbonyl (C=O) groups excluding carboxylic acids is 1. The predicted molar refractivity (Wildman–Crippen MR) is 104 cm³/mol. The van der Waals surface area contributed by atoms with Gasteiger partial charge in [-0.25, -0.2) is 13.1 Å². The molecular weight excluding hydrogens is 386 g/mol. The summed E-state index contributed by atoms with van der Waals surface area (Å²) in [5.41, 5.74) is 0.144. The van der Waals surface area contributed by atoms with Crippen molar-refractivity contribution in [3.63, 3.8) is 0 Å². The van der Waals surface area contributed by atoms with Crippen LogP contribution in [0.3, 0.4) is 0 Å². The lowest BCUT2D eigenvalue weighted by atomic mass is 10.3. The number of amides is 1. The molecule has 2 N–H and O–H groups in total. The Labute approximate surface area is 162 Å². The summed E-state index contributed by atoms with van der Waals surface area (Å²) < 4.78 is 32.0. The zero-order valence-corrected chi connectivity index (χ0v) is 16.1. The van der Waals surface area contributed by atoms with E-state index in [0.717, 1.165) is 12.8 Å². The van der Waals surface area contributed by atoms with Crippen molar-refractivity contribution in [2.45, 2.75) is 24.7 Å². The number of hydrogen-bond donors (Lipinski definition) is 2. The quantitative estimate of drug-likeness (QED) is 0.354. The average molecular weight is 407 g/mol. The van der Waals surface area contributed by atoms with E-state index in [1.54, 1.807) is 0 Å². The largest absolute Gasteiger partial charge is 0.484 e. The zero-order chi connectivity index (χ0) is 20.6. The lowest BCUT2D eigenvalue weighted by Crippen LogP contribution is -2.24. The highest BCUT2D eigenvalue weighted by molar-refractivity contribution is 7.89. The topological polar surface area (TPSA) is 128 Å². The smallest absolute Gasteiger partial charge is 0.271 e. The third-order valence-electron chi connectivity index (χ3n) is 3.67. The molecular formula is C18H21N3O6S. The molecule has 0 aliphatic rings. The molecule has 0 bridgehead atoms. The number of hydrogen-bond acceptors (Lipinski definition) is 6. The number of sulfonamides is 1. The van der Waals surface area contributed by atoms with Crippen LogP contribution in [0.1, 0.15) is 19.8 Å². The highest BCUT2D eigenvalue weighted by atomic mass is 32.2. The number of carbonyl (C=O) groups is 1. The van der Waals surface area contributed by atoms with Gasteiger partial charge in [-0.3, -0.25) is 14.9 Å². The van der Waals surface area contributed by atoms with Gasteiger partial charge in [0, 0.05) is 24.4 Å². The molecule has 0 aromatic heterocycles. The summed E-state index contributed by atoms with van der Waals surface area (Å²) in [6, 6.07) is 11.2. The van der Waals surface area contributed by atoms with E-state index >= 15 is 0 Å². The minimum Gasteiger partial charge on any atom is -0.484 e. The number of non-ortho nitro benzene ring substituents is 1. The SMILES string of the molecule is CCCCNS(=O)(=O)c1ccc(OCC(=O)Nc2cccc([N+](=O)[O-])c2)cc1. The van der Waals surface area contributed by atoms with Gasteiger partial charge in [-0.2, -0.15) is 0 Å². The van der Waals surface area contributed by atoms with Crippen molar-refractivity contribution in [1.29, 1.82) is 0 Å². The zero-order valence-electron chi connectivity index (χ0n) is 15.3. The van der Waals surface area contributed by atoms with Gasteiger partial charge in [0.1, 0.15) is 5.75 Å². The van der Waals surface area contributed by atoms with Gasteiger partial charge in [0.2, 0.25) is 10.0 Å². The van der Waals surface area contributed by atoms with Crippen LogP contribution < -0.4 is 14.8 Å². The summed E-state index contributed by atoms with van der Waals surface area (Å²) in [6.07, 6.45) is 1.63. The minimum absolute atomic E-state index is 0.108. The first-order valence-electron chi connectivity index (χ1n) is 8.58. The molecule has 0 aliphatic heterocycles. The number of unbranched alkanes of at least 4 members (excludes halogenated alkanes) is 1. The van der Waals surface area contributed by atoms with E-state index in [0.29, 0.717) is 12.3 Å². The first-order valence-corrected chi connectivity index (χ1v) is 10.1. The molecule has 28 heavy (non-hydrogen) atoms. The Balaban J connectivity index is 1.90. The van der Waals surface area contributed by atoms with E-state index in [1.807, 2.05) is 6.92 Å². The summed E-state index contributed by atoms with van der Waals surface area (Å²) in [4.78, 5) is 22.2. The molecule has 2 aromatic carbocycles. The Kier molecular flexibility index (Phi) is 7.47. The van der Waals surface area contributed by atoms with Crippen molar-refractivity contribution in [3.8, 4) is 5.75 Å². The van der Waals surface area contributed by atoms with E-state index < -0.39 is 20.9 Å². The average Bonchev–Trinajstić information content (AvgIpc) is 2.67. The van der Waals surface area contributed by atoms with Crippen LogP contribution in [-0.2, 0) is 14.8 Å². The summed E-state index contributed by atoms with van der Waals surface area (Å²) in [7, 11) is -3.57. The number of rotatable bonds is 10. The molecule has 0 heterocycles. The summed E-state index contributed by atoms with van der Waals surface area (Å²) in [6.45, 7) is 2.01. The van der Waals surface area contributed by atoms with Crippen LogP contribution in [0.5, 0.6) is 5.75 Å². The molecule has 9 nitrogen and oxygen atoms in total. The number of nitrogens with one attached hydrogen (secondary N) is 2. The van der Waals surface area contributed by atoms with Crippen molar-refractivity contribution in [2.24, 2.45) is 0 Å². The maximum Gasteiger partial charge on any atom is 0.271 e. The molecule has 0 aliphatic carbocycles. The van der Waals surface area contributed by atoms with E-state index in [4.69, 9.17) is 4.74 Å². The fraction of sp³-hybridized carbons (Fsp3) is 0.278. The van der Waals surface area contributed by atoms with Gasteiger partial charge >= 0.3 is 0 Å². The monoisotopic (exact) mass is 407 g/mol. The second kappa shape index (κ2) is 9.81. The van der Waals surface area contributed by atoms with E-state index in [9.17, 15) is 23.3 Å². The van der Waals surface area contributed by atoms with E-state index in [2.05, 4.69) is 10.0 Å². The van der Waals surface area contributed by atoms with Gasteiger partial charge in [0.05, 0.1) is 9.82 Å². The molecule has 0 saturated heterocycles.